The summed E-state index contributed by atoms with van der Waals surface area (Å²) in [7, 11) is 0. The Balaban J connectivity index is 1.82. The number of halogens is 2. The van der Waals surface area contributed by atoms with Crippen LogP contribution >= 0.6 is 22.6 Å². The SMILES string of the molecule is O=C1NC(=Cc2ccccc2I)C(=O)N1Cc1ccc(F)cc1. The molecule has 0 saturated carbocycles. The van der Waals surface area contributed by atoms with E-state index in [0.717, 1.165) is 14.0 Å². The molecule has 0 atom stereocenters. The van der Waals surface area contributed by atoms with Crippen LogP contribution in [0.3, 0.4) is 0 Å². The summed E-state index contributed by atoms with van der Waals surface area (Å²) < 4.78 is 13.9. The number of nitrogens with zero attached hydrogens (tertiary/aromatic N) is 1. The molecule has 2 aromatic rings. The Labute approximate surface area is 146 Å². The minimum Gasteiger partial charge on any atom is -0.303 e. The van der Waals surface area contributed by atoms with Gasteiger partial charge in [-0.15, -0.1) is 0 Å². The fourth-order valence-corrected chi connectivity index (χ4v) is 2.78. The first-order valence-electron chi connectivity index (χ1n) is 6.88. The molecule has 1 fully saturated rings. The molecule has 1 aliphatic rings. The van der Waals surface area contributed by atoms with Crippen molar-refractivity contribution in [3.8, 4) is 0 Å². The van der Waals surface area contributed by atoms with E-state index in [0.29, 0.717) is 5.56 Å². The largest absolute Gasteiger partial charge is 0.329 e. The number of rotatable bonds is 3. The summed E-state index contributed by atoms with van der Waals surface area (Å²) in [6.07, 6.45) is 1.66. The van der Waals surface area contributed by atoms with Crippen LogP contribution < -0.4 is 5.32 Å². The third kappa shape index (κ3) is 3.42. The van der Waals surface area contributed by atoms with Crippen molar-refractivity contribution in [3.05, 3.63) is 74.7 Å². The topological polar surface area (TPSA) is 49.4 Å². The highest BCUT2D eigenvalue weighted by Gasteiger charge is 2.33. The summed E-state index contributed by atoms with van der Waals surface area (Å²) in [5.74, 6) is -0.746. The van der Waals surface area contributed by atoms with Crippen LogP contribution in [0.5, 0.6) is 0 Å². The van der Waals surface area contributed by atoms with Gasteiger partial charge in [-0.05, 0) is 58.0 Å². The highest BCUT2D eigenvalue weighted by molar-refractivity contribution is 14.1. The molecule has 0 aromatic heterocycles. The number of carbonyl (C=O) groups is 2. The van der Waals surface area contributed by atoms with E-state index in [-0.39, 0.29) is 24.0 Å². The van der Waals surface area contributed by atoms with Gasteiger partial charge in [0.15, 0.2) is 0 Å². The number of nitrogens with one attached hydrogen (secondary N) is 1. The normalized spacial score (nSPS) is 16.1. The van der Waals surface area contributed by atoms with E-state index in [2.05, 4.69) is 27.9 Å². The zero-order valence-corrected chi connectivity index (χ0v) is 14.1. The molecule has 23 heavy (non-hydrogen) atoms. The van der Waals surface area contributed by atoms with Crippen LogP contribution in [0.4, 0.5) is 9.18 Å². The van der Waals surface area contributed by atoms with Crippen molar-refractivity contribution in [1.82, 2.24) is 10.2 Å². The first-order chi connectivity index (χ1) is 11.0. The maximum absolute atomic E-state index is 12.9. The summed E-state index contributed by atoms with van der Waals surface area (Å²) in [6.45, 7) is 0.105. The van der Waals surface area contributed by atoms with Gasteiger partial charge < -0.3 is 5.32 Å². The second-order valence-electron chi connectivity index (χ2n) is 5.03. The standard InChI is InChI=1S/C17H12FIN2O2/c18-13-7-5-11(6-8-13)10-21-16(22)15(20-17(21)23)9-12-3-1-2-4-14(12)19/h1-9H,10H2,(H,20,23). The molecule has 0 unspecified atom stereocenters. The summed E-state index contributed by atoms with van der Waals surface area (Å²) >= 11 is 2.17. The van der Waals surface area contributed by atoms with Crippen molar-refractivity contribution >= 4 is 40.6 Å². The van der Waals surface area contributed by atoms with Crippen molar-refractivity contribution in [2.75, 3.05) is 0 Å². The molecule has 3 amide bonds. The molecular weight excluding hydrogens is 410 g/mol. The van der Waals surface area contributed by atoms with E-state index in [1.165, 1.54) is 12.1 Å². The van der Waals surface area contributed by atoms with Gasteiger partial charge in [0.1, 0.15) is 11.5 Å². The average Bonchev–Trinajstić information content (AvgIpc) is 2.79. The molecule has 0 spiro atoms. The molecule has 0 radical (unpaired) electrons. The lowest BCUT2D eigenvalue weighted by Crippen LogP contribution is -2.30. The Morgan fingerprint density at radius 3 is 2.48 bits per heavy atom. The van der Waals surface area contributed by atoms with Crippen LogP contribution in [-0.4, -0.2) is 16.8 Å². The molecule has 4 nitrogen and oxygen atoms in total. The molecule has 1 heterocycles. The van der Waals surface area contributed by atoms with Gasteiger partial charge in [-0.1, -0.05) is 30.3 Å². The highest BCUT2D eigenvalue weighted by Crippen LogP contribution is 2.19. The third-order valence-corrected chi connectivity index (χ3v) is 4.40. The van der Waals surface area contributed by atoms with E-state index < -0.39 is 6.03 Å². The quantitative estimate of drug-likeness (QED) is 0.468. The Morgan fingerprint density at radius 2 is 1.78 bits per heavy atom. The van der Waals surface area contributed by atoms with E-state index >= 15 is 0 Å². The number of hydrogen-bond acceptors (Lipinski definition) is 2. The molecule has 2 aromatic carbocycles. The second-order valence-corrected chi connectivity index (χ2v) is 6.19. The van der Waals surface area contributed by atoms with Crippen molar-refractivity contribution in [1.29, 1.82) is 0 Å². The lowest BCUT2D eigenvalue weighted by molar-refractivity contribution is -0.123. The van der Waals surface area contributed by atoms with Gasteiger partial charge in [0, 0.05) is 3.57 Å². The summed E-state index contributed by atoms with van der Waals surface area (Å²) in [4.78, 5) is 25.5. The minimum absolute atomic E-state index is 0.105. The van der Waals surface area contributed by atoms with Crippen molar-refractivity contribution in [2.45, 2.75) is 6.54 Å². The van der Waals surface area contributed by atoms with E-state index in [4.69, 9.17) is 0 Å². The molecule has 6 heteroatoms. The van der Waals surface area contributed by atoms with Gasteiger partial charge in [-0.3, -0.25) is 9.69 Å². The van der Waals surface area contributed by atoms with E-state index in [1.54, 1.807) is 18.2 Å². The molecular formula is C17H12FIN2O2. The van der Waals surface area contributed by atoms with Gasteiger partial charge >= 0.3 is 6.03 Å². The molecule has 1 saturated heterocycles. The lowest BCUT2D eigenvalue weighted by Gasteiger charge is -2.11. The molecule has 0 aliphatic carbocycles. The molecule has 1 aliphatic heterocycles. The summed E-state index contributed by atoms with van der Waals surface area (Å²) in [5.41, 5.74) is 1.78. The van der Waals surface area contributed by atoms with Gasteiger partial charge in [-0.25, -0.2) is 9.18 Å². The number of carbonyl (C=O) groups excluding carboxylic acids is 2. The Morgan fingerprint density at radius 1 is 1.09 bits per heavy atom. The second kappa shape index (κ2) is 6.49. The van der Waals surface area contributed by atoms with Gasteiger partial charge in [-0.2, -0.15) is 0 Å². The Kier molecular flexibility index (Phi) is 4.42. The minimum atomic E-state index is -0.475. The lowest BCUT2D eigenvalue weighted by atomic mass is 10.2. The Bertz CT molecular complexity index is 802. The van der Waals surface area contributed by atoms with E-state index in [1.807, 2.05) is 24.3 Å². The number of hydrogen-bond donors (Lipinski definition) is 1. The van der Waals surface area contributed by atoms with Crippen LogP contribution in [0.2, 0.25) is 0 Å². The summed E-state index contributed by atoms with van der Waals surface area (Å²) in [5, 5.41) is 2.58. The fraction of sp³-hybridized carbons (Fsp3) is 0.0588. The molecule has 3 rings (SSSR count). The highest BCUT2D eigenvalue weighted by atomic mass is 127. The molecule has 1 N–H and O–H groups in total. The van der Waals surface area contributed by atoms with Gasteiger partial charge in [0.25, 0.3) is 5.91 Å². The van der Waals surface area contributed by atoms with Gasteiger partial charge in [0.2, 0.25) is 0 Å². The summed E-state index contributed by atoms with van der Waals surface area (Å²) in [6, 6.07) is 12.8. The van der Waals surface area contributed by atoms with E-state index in [9.17, 15) is 14.0 Å². The van der Waals surface area contributed by atoms with Crippen molar-refractivity contribution in [2.24, 2.45) is 0 Å². The van der Waals surface area contributed by atoms with Crippen LogP contribution in [0.25, 0.3) is 6.08 Å². The van der Waals surface area contributed by atoms with Crippen LogP contribution in [0, 0.1) is 9.39 Å². The maximum atomic E-state index is 12.9. The Hall–Kier alpha value is -2.22. The first kappa shape index (κ1) is 15.7. The van der Waals surface area contributed by atoms with Crippen LogP contribution in [-0.2, 0) is 11.3 Å². The van der Waals surface area contributed by atoms with Gasteiger partial charge in [0.05, 0.1) is 6.54 Å². The number of imide groups is 1. The van der Waals surface area contributed by atoms with Crippen molar-refractivity contribution < 1.29 is 14.0 Å². The number of benzene rings is 2. The molecule has 116 valence electrons. The predicted molar refractivity (Wildman–Crippen MR) is 92.6 cm³/mol. The number of amides is 3. The van der Waals surface area contributed by atoms with Crippen LogP contribution in [0.1, 0.15) is 11.1 Å². The fourth-order valence-electron chi connectivity index (χ4n) is 2.24. The third-order valence-electron chi connectivity index (χ3n) is 3.42. The predicted octanol–water partition coefficient (Wildman–Crippen LogP) is 3.52. The van der Waals surface area contributed by atoms with Crippen molar-refractivity contribution in [3.63, 3.8) is 0 Å². The number of urea groups is 1. The smallest absolute Gasteiger partial charge is 0.303 e. The zero-order valence-electron chi connectivity index (χ0n) is 11.9. The average molecular weight is 422 g/mol. The zero-order chi connectivity index (χ0) is 16.4. The monoisotopic (exact) mass is 422 g/mol. The van der Waals surface area contributed by atoms with Crippen LogP contribution in [0.15, 0.2) is 54.2 Å². The first-order valence-corrected chi connectivity index (χ1v) is 7.96. The maximum Gasteiger partial charge on any atom is 0.329 e. The molecule has 0 bridgehead atoms.